The molecular weight excluding hydrogens is 154 g/mol. The Morgan fingerprint density at radius 3 is 2.08 bits per heavy atom. The van der Waals surface area contributed by atoms with E-state index in [1.807, 2.05) is 0 Å². The summed E-state index contributed by atoms with van der Waals surface area (Å²) in [5.74, 6) is 0.961. The van der Waals surface area contributed by atoms with Gasteiger partial charge in [-0.05, 0) is 25.7 Å². The maximum atomic E-state index is 10.5. The van der Waals surface area contributed by atoms with E-state index in [0.717, 1.165) is 5.71 Å². The van der Waals surface area contributed by atoms with Crippen LogP contribution in [-0.4, -0.2) is 11.7 Å². The highest BCUT2D eigenvalue weighted by Crippen LogP contribution is 2.42. The van der Waals surface area contributed by atoms with Crippen LogP contribution >= 0.6 is 0 Å². The van der Waals surface area contributed by atoms with Gasteiger partial charge in [0.25, 0.3) is 0 Å². The maximum absolute atomic E-state index is 10.5. The number of nitrogens with zero attached hydrogens (tertiary/aromatic N) is 1. The molecule has 0 unspecified atom stereocenters. The van der Waals surface area contributed by atoms with Crippen LogP contribution in [0.5, 0.6) is 0 Å². The van der Waals surface area contributed by atoms with Crippen LogP contribution in [0.3, 0.4) is 0 Å². The minimum absolute atomic E-state index is 0.311. The van der Waals surface area contributed by atoms with Crippen LogP contribution in [0.1, 0.15) is 32.6 Å². The molecular formula is C9H13NO2. The van der Waals surface area contributed by atoms with Crippen molar-refractivity contribution < 1.29 is 9.63 Å². The molecule has 66 valence electrons. The molecule has 2 aliphatic carbocycles. The van der Waals surface area contributed by atoms with Gasteiger partial charge in [0.2, 0.25) is 0 Å². The summed E-state index contributed by atoms with van der Waals surface area (Å²) in [6.07, 6.45) is 4.93. The summed E-state index contributed by atoms with van der Waals surface area (Å²) in [6.45, 7) is 1.39. The fraction of sp³-hybridized carbons (Fsp3) is 0.778. The first-order chi connectivity index (χ1) is 5.77. The van der Waals surface area contributed by atoms with Gasteiger partial charge < -0.3 is 4.84 Å². The zero-order chi connectivity index (χ0) is 8.55. The third-order valence-corrected chi connectivity index (χ3v) is 2.27. The third kappa shape index (κ3) is 1.84. The van der Waals surface area contributed by atoms with Crippen molar-refractivity contribution in [2.24, 2.45) is 17.0 Å². The molecule has 0 aromatic rings. The first kappa shape index (κ1) is 7.77. The van der Waals surface area contributed by atoms with Gasteiger partial charge in [-0.1, -0.05) is 5.16 Å². The summed E-state index contributed by atoms with van der Waals surface area (Å²) in [7, 11) is 0. The highest BCUT2D eigenvalue weighted by Gasteiger charge is 2.38. The first-order valence-electron chi connectivity index (χ1n) is 4.52. The Bertz CT molecular complexity index is 213. The fourth-order valence-electron chi connectivity index (χ4n) is 1.36. The molecule has 0 saturated heterocycles. The molecule has 0 aromatic carbocycles. The van der Waals surface area contributed by atoms with Gasteiger partial charge in [-0.15, -0.1) is 0 Å². The van der Waals surface area contributed by atoms with Crippen LogP contribution in [0.15, 0.2) is 5.16 Å². The van der Waals surface area contributed by atoms with Gasteiger partial charge in [-0.2, -0.15) is 0 Å². The van der Waals surface area contributed by atoms with E-state index in [9.17, 15) is 4.79 Å². The lowest BCUT2D eigenvalue weighted by molar-refractivity contribution is -0.141. The monoisotopic (exact) mass is 167 g/mol. The van der Waals surface area contributed by atoms with E-state index in [4.69, 9.17) is 0 Å². The Kier molecular flexibility index (Phi) is 1.87. The van der Waals surface area contributed by atoms with Crippen LogP contribution in [0.25, 0.3) is 0 Å². The molecule has 0 spiro atoms. The number of carbonyl (C=O) groups is 1. The topological polar surface area (TPSA) is 38.7 Å². The second kappa shape index (κ2) is 2.88. The van der Waals surface area contributed by atoms with Gasteiger partial charge in [0.05, 0.1) is 5.71 Å². The zero-order valence-corrected chi connectivity index (χ0v) is 7.25. The average molecular weight is 167 g/mol. The molecule has 12 heavy (non-hydrogen) atoms. The van der Waals surface area contributed by atoms with E-state index in [2.05, 4.69) is 9.99 Å². The van der Waals surface area contributed by atoms with Crippen molar-refractivity contribution in [3.63, 3.8) is 0 Å². The summed E-state index contributed by atoms with van der Waals surface area (Å²) in [6, 6.07) is 0. The van der Waals surface area contributed by atoms with E-state index < -0.39 is 0 Å². The predicted molar refractivity (Wildman–Crippen MR) is 44.6 cm³/mol. The SMILES string of the molecule is CC(=O)ON=C(C1CC1)C1CC1. The molecule has 0 radical (unpaired) electrons. The lowest BCUT2D eigenvalue weighted by atomic mass is 10.2. The average Bonchev–Trinajstić information content (AvgIpc) is 2.83. The quantitative estimate of drug-likeness (QED) is 0.364. The molecule has 2 rings (SSSR count). The summed E-state index contributed by atoms with van der Waals surface area (Å²) >= 11 is 0. The van der Waals surface area contributed by atoms with Crippen LogP contribution in [0, 0.1) is 11.8 Å². The van der Waals surface area contributed by atoms with Crippen molar-refractivity contribution in [1.29, 1.82) is 0 Å². The van der Waals surface area contributed by atoms with Crippen molar-refractivity contribution in [2.75, 3.05) is 0 Å². The molecule has 2 fully saturated rings. The van der Waals surface area contributed by atoms with Crippen molar-refractivity contribution in [2.45, 2.75) is 32.6 Å². The van der Waals surface area contributed by atoms with Crippen molar-refractivity contribution in [3.8, 4) is 0 Å². The highest BCUT2D eigenvalue weighted by atomic mass is 16.7. The normalized spacial score (nSPS) is 21.8. The van der Waals surface area contributed by atoms with E-state index in [1.165, 1.54) is 32.6 Å². The second-order valence-electron chi connectivity index (χ2n) is 3.65. The lowest BCUT2D eigenvalue weighted by Gasteiger charge is -1.99. The molecule has 0 amide bonds. The molecule has 2 aliphatic rings. The molecule has 3 heteroatoms. The summed E-state index contributed by atoms with van der Waals surface area (Å²) in [4.78, 5) is 15.2. The van der Waals surface area contributed by atoms with Crippen LogP contribution < -0.4 is 0 Å². The Hall–Kier alpha value is -0.860. The zero-order valence-electron chi connectivity index (χ0n) is 7.25. The number of hydrogen-bond acceptors (Lipinski definition) is 3. The molecule has 0 aliphatic heterocycles. The molecule has 0 atom stereocenters. The minimum atomic E-state index is -0.311. The number of rotatable bonds is 3. The van der Waals surface area contributed by atoms with E-state index in [1.54, 1.807) is 0 Å². The summed E-state index contributed by atoms with van der Waals surface area (Å²) < 4.78 is 0. The van der Waals surface area contributed by atoms with E-state index >= 15 is 0 Å². The van der Waals surface area contributed by atoms with Crippen LogP contribution in [-0.2, 0) is 9.63 Å². The number of oxime groups is 1. The third-order valence-electron chi connectivity index (χ3n) is 2.27. The van der Waals surface area contributed by atoms with E-state index in [-0.39, 0.29) is 5.97 Å². The Morgan fingerprint density at radius 2 is 1.75 bits per heavy atom. The van der Waals surface area contributed by atoms with Gasteiger partial charge in [0.15, 0.2) is 0 Å². The molecule has 0 N–H and O–H groups in total. The largest absolute Gasteiger partial charge is 0.331 e. The van der Waals surface area contributed by atoms with Gasteiger partial charge >= 0.3 is 5.97 Å². The highest BCUT2D eigenvalue weighted by molar-refractivity contribution is 5.92. The molecule has 0 heterocycles. The smallest absolute Gasteiger partial charge is 0.319 e. The van der Waals surface area contributed by atoms with E-state index in [0.29, 0.717) is 11.8 Å². The first-order valence-corrected chi connectivity index (χ1v) is 4.52. The van der Waals surface area contributed by atoms with Crippen molar-refractivity contribution in [1.82, 2.24) is 0 Å². The second-order valence-corrected chi connectivity index (χ2v) is 3.65. The van der Waals surface area contributed by atoms with Gasteiger partial charge in [0.1, 0.15) is 0 Å². The minimum Gasteiger partial charge on any atom is -0.319 e. The van der Waals surface area contributed by atoms with Crippen molar-refractivity contribution >= 4 is 11.7 Å². The summed E-state index contributed by atoms with van der Waals surface area (Å²) in [5.41, 5.74) is 1.14. The standard InChI is InChI=1S/C9H13NO2/c1-6(11)12-10-9(7-2-3-7)8-4-5-8/h7-8H,2-5H2,1H3. The molecule has 0 bridgehead atoms. The van der Waals surface area contributed by atoms with Gasteiger partial charge in [-0.3, -0.25) is 0 Å². The van der Waals surface area contributed by atoms with Gasteiger partial charge in [0, 0.05) is 18.8 Å². The molecule has 3 nitrogen and oxygen atoms in total. The predicted octanol–water partition coefficient (Wildman–Crippen LogP) is 1.73. The summed E-state index contributed by atoms with van der Waals surface area (Å²) in [5, 5.41) is 3.91. The molecule has 0 aromatic heterocycles. The maximum Gasteiger partial charge on any atom is 0.331 e. The van der Waals surface area contributed by atoms with Crippen LogP contribution in [0.2, 0.25) is 0 Å². The Balaban J connectivity index is 1.94. The Labute approximate surface area is 71.8 Å². The van der Waals surface area contributed by atoms with Crippen molar-refractivity contribution in [3.05, 3.63) is 0 Å². The fourth-order valence-corrected chi connectivity index (χ4v) is 1.36. The molecule has 2 saturated carbocycles. The number of hydrogen-bond donors (Lipinski definition) is 0. The Morgan fingerprint density at radius 1 is 1.25 bits per heavy atom. The van der Waals surface area contributed by atoms with Gasteiger partial charge in [-0.25, -0.2) is 4.79 Å². The lowest BCUT2D eigenvalue weighted by Crippen LogP contribution is -2.06. The van der Waals surface area contributed by atoms with Crippen LogP contribution in [0.4, 0.5) is 0 Å². The number of carbonyl (C=O) groups excluding carboxylic acids is 1.